The molecule has 120 valence electrons. The maximum absolute atomic E-state index is 12.2. The van der Waals surface area contributed by atoms with Crippen LogP contribution in [0.4, 0.5) is 4.79 Å². The Hall–Kier alpha value is -2.09. The largest absolute Gasteiger partial charge is 0.325 e. The van der Waals surface area contributed by atoms with E-state index in [0.717, 1.165) is 31.2 Å². The van der Waals surface area contributed by atoms with Gasteiger partial charge in [0.05, 0.1) is 0 Å². The van der Waals surface area contributed by atoms with E-state index in [1.54, 1.807) is 7.05 Å². The number of fused-ring (bicyclic) bond motifs is 3. The number of hydrogen-bond donors (Lipinski definition) is 1. The Kier molecular flexibility index (Phi) is 3.56. The zero-order valence-electron chi connectivity index (χ0n) is 13.4. The fourth-order valence-corrected chi connectivity index (χ4v) is 3.07. The molecule has 1 fully saturated rings. The lowest BCUT2D eigenvalue weighted by Gasteiger charge is -2.34. The molecule has 1 N–H and O–H groups in total. The van der Waals surface area contributed by atoms with Crippen LogP contribution < -0.4 is 5.32 Å². The van der Waals surface area contributed by atoms with Crippen LogP contribution in [0.3, 0.4) is 0 Å². The molecule has 3 heterocycles. The Morgan fingerprint density at radius 2 is 2.09 bits per heavy atom. The minimum absolute atomic E-state index is 0.286. The van der Waals surface area contributed by atoms with Gasteiger partial charge in [-0.15, -0.1) is 0 Å². The molecule has 0 aromatic rings. The van der Waals surface area contributed by atoms with Gasteiger partial charge in [-0.3, -0.25) is 10.1 Å². The number of aliphatic imine (C=N–C) groups is 1. The van der Waals surface area contributed by atoms with Crippen molar-refractivity contribution in [2.45, 2.75) is 25.6 Å². The molecular weight excluding hydrogens is 284 g/mol. The number of hydrogen-bond acceptors (Lipinski definition) is 6. The van der Waals surface area contributed by atoms with E-state index in [1.807, 2.05) is 32.1 Å². The highest BCUT2D eigenvalue weighted by Gasteiger charge is 2.51. The molecule has 1 saturated heterocycles. The lowest BCUT2D eigenvalue weighted by molar-refractivity contribution is -0.126. The highest BCUT2D eigenvalue weighted by molar-refractivity contribution is 6.04. The van der Waals surface area contributed by atoms with E-state index in [2.05, 4.69) is 20.1 Å². The fraction of sp³-hybridized carbons (Fsp3) is 0.643. The number of urea groups is 1. The second kappa shape index (κ2) is 5.28. The Bertz CT molecular complexity index is 570. The van der Waals surface area contributed by atoms with Crippen molar-refractivity contribution in [3.63, 3.8) is 0 Å². The highest BCUT2D eigenvalue weighted by atomic mass is 16.2. The molecule has 22 heavy (non-hydrogen) atoms. The first-order valence-electron chi connectivity index (χ1n) is 7.44. The quantitative estimate of drug-likeness (QED) is 0.769. The van der Waals surface area contributed by atoms with Crippen molar-refractivity contribution in [1.82, 2.24) is 24.9 Å². The van der Waals surface area contributed by atoms with Crippen LogP contribution in [0.25, 0.3) is 0 Å². The lowest BCUT2D eigenvalue weighted by atomic mass is 10.1. The summed E-state index contributed by atoms with van der Waals surface area (Å²) in [6, 6.07) is -0.858. The van der Waals surface area contributed by atoms with Crippen molar-refractivity contribution in [3.8, 4) is 0 Å². The molecule has 0 saturated carbocycles. The smallest absolute Gasteiger partial charge is 0.315 e. The van der Waals surface area contributed by atoms with Gasteiger partial charge >= 0.3 is 6.03 Å². The molecule has 3 amide bonds. The zero-order chi connectivity index (χ0) is 16.0. The molecule has 8 nitrogen and oxygen atoms in total. The normalized spacial score (nSPS) is 27.0. The number of nitrogens with zero attached hydrogens (tertiary/aromatic N) is 5. The molecule has 0 radical (unpaired) electrons. The molecule has 0 bridgehead atoms. The summed E-state index contributed by atoms with van der Waals surface area (Å²) in [7, 11) is 5.76. The van der Waals surface area contributed by atoms with E-state index in [0.29, 0.717) is 0 Å². The molecule has 0 spiro atoms. The van der Waals surface area contributed by atoms with Gasteiger partial charge in [0.15, 0.2) is 12.2 Å². The predicted octanol–water partition coefficient (Wildman–Crippen LogP) is -0.337. The summed E-state index contributed by atoms with van der Waals surface area (Å²) in [6.45, 7) is 3.85. The van der Waals surface area contributed by atoms with Crippen molar-refractivity contribution < 1.29 is 9.59 Å². The van der Waals surface area contributed by atoms with Gasteiger partial charge in [-0.05, 0) is 34.0 Å². The number of rotatable bonds is 4. The van der Waals surface area contributed by atoms with Gasteiger partial charge in [0.1, 0.15) is 0 Å². The monoisotopic (exact) mass is 306 g/mol. The second-order valence-electron chi connectivity index (χ2n) is 6.18. The number of nitrogens with one attached hydrogen (secondary N) is 1. The van der Waals surface area contributed by atoms with Crippen molar-refractivity contribution >= 4 is 17.9 Å². The topological polar surface area (TPSA) is 71.5 Å². The van der Waals surface area contributed by atoms with Gasteiger partial charge in [0.25, 0.3) is 5.91 Å². The third-order valence-corrected chi connectivity index (χ3v) is 4.26. The number of likely N-dealkylation sites (N-methyl/N-ethyl adjacent to an activating group) is 1. The molecule has 0 aromatic heterocycles. The van der Waals surface area contributed by atoms with Crippen molar-refractivity contribution in [2.24, 2.45) is 4.99 Å². The Morgan fingerprint density at radius 1 is 1.36 bits per heavy atom. The highest BCUT2D eigenvalue weighted by Crippen LogP contribution is 2.31. The van der Waals surface area contributed by atoms with Crippen molar-refractivity contribution in [3.05, 3.63) is 11.9 Å². The molecular formula is C14H22N6O2. The van der Waals surface area contributed by atoms with Gasteiger partial charge in [-0.2, -0.15) is 0 Å². The first-order chi connectivity index (χ1) is 10.4. The van der Waals surface area contributed by atoms with Crippen LogP contribution in [0.2, 0.25) is 0 Å². The minimum atomic E-state index is -0.466. The van der Waals surface area contributed by atoms with Crippen LogP contribution in [0.1, 0.15) is 13.3 Å². The summed E-state index contributed by atoms with van der Waals surface area (Å²) in [5.41, 5.74) is 1.07. The van der Waals surface area contributed by atoms with Gasteiger partial charge < -0.3 is 19.6 Å². The second-order valence-corrected chi connectivity index (χ2v) is 6.18. The third-order valence-electron chi connectivity index (χ3n) is 4.26. The average molecular weight is 306 g/mol. The van der Waals surface area contributed by atoms with E-state index in [-0.39, 0.29) is 5.91 Å². The van der Waals surface area contributed by atoms with Crippen LogP contribution in [-0.4, -0.2) is 83.9 Å². The summed E-state index contributed by atoms with van der Waals surface area (Å²) in [4.78, 5) is 36.2. The average Bonchev–Trinajstić information content (AvgIpc) is 2.93. The van der Waals surface area contributed by atoms with Crippen molar-refractivity contribution in [1.29, 1.82) is 0 Å². The van der Waals surface area contributed by atoms with Gasteiger partial charge in [0, 0.05) is 25.5 Å². The van der Waals surface area contributed by atoms with Crippen molar-refractivity contribution in [2.75, 3.05) is 34.2 Å². The molecule has 2 unspecified atom stereocenters. The Balaban J connectivity index is 1.79. The van der Waals surface area contributed by atoms with Crippen LogP contribution in [0, 0.1) is 0 Å². The third kappa shape index (κ3) is 2.23. The first-order valence-corrected chi connectivity index (χ1v) is 7.44. The molecule has 0 aliphatic carbocycles. The summed E-state index contributed by atoms with van der Waals surface area (Å²) >= 11 is 0. The van der Waals surface area contributed by atoms with Crippen LogP contribution in [0.15, 0.2) is 16.9 Å². The Morgan fingerprint density at radius 3 is 2.77 bits per heavy atom. The minimum Gasteiger partial charge on any atom is -0.315 e. The predicted molar refractivity (Wildman–Crippen MR) is 81.8 cm³/mol. The van der Waals surface area contributed by atoms with E-state index >= 15 is 0 Å². The SMILES string of the molecule is CC1=CN2C(=NC3C2C(=O)NC(=O)N3C)N1CCCN(C)C. The van der Waals surface area contributed by atoms with E-state index in [9.17, 15) is 9.59 Å². The first kappa shape index (κ1) is 14.8. The standard InChI is InChI=1S/C14H22N6O2/c1-9-8-20-10-11(18(4)14(22)16-12(10)21)15-13(20)19(9)7-5-6-17(2)3/h8,10-11H,5-7H2,1-4H3,(H,16,21,22). The molecule has 3 aliphatic heterocycles. The maximum Gasteiger partial charge on any atom is 0.325 e. The number of imide groups is 1. The summed E-state index contributed by atoms with van der Waals surface area (Å²) in [5.74, 6) is 0.481. The van der Waals surface area contributed by atoms with Crippen LogP contribution >= 0.6 is 0 Å². The van der Waals surface area contributed by atoms with Gasteiger partial charge in [0.2, 0.25) is 5.96 Å². The summed E-state index contributed by atoms with van der Waals surface area (Å²) in [5, 5.41) is 2.38. The molecule has 3 aliphatic rings. The number of carbonyl (C=O) groups is 2. The molecule has 0 aromatic carbocycles. The lowest BCUT2D eigenvalue weighted by Crippen LogP contribution is -2.62. The van der Waals surface area contributed by atoms with E-state index in [1.165, 1.54) is 4.90 Å². The van der Waals surface area contributed by atoms with Gasteiger partial charge in [-0.25, -0.2) is 9.79 Å². The Labute approximate surface area is 130 Å². The number of allylic oxidation sites excluding steroid dienone is 1. The van der Waals surface area contributed by atoms with E-state index in [4.69, 9.17) is 0 Å². The molecule has 8 heteroatoms. The number of amides is 3. The van der Waals surface area contributed by atoms with Crippen LogP contribution in [0.5, 0.6) is 0 Å². The number of carbonyl (C=O) groups excluding carboxylic acids is 2. The van der Waals surface area contributed by atoms with Crippen LogP contribution in [-0.2, 0) is 4.79 Å². The molecule has 2 atom stereocenters. The molecule has 3 rings (SSSR count). The van der Waals surface area contributed by atoms with E-state index < -0.39 is 18.2 Å². The van der Waals surface area contributed by atoms with Gasteiger partial charge in [-0.1, -0.05) is 0 Å². The summed E-state index contributed by atoms with van der Waals surface area (Å²) in [6.07, 6.45) is 2.50. The summed E-state index contributed by atoms with van der Waals surface area (Å²) < 4.78 is 0. The maximum atomic E-state index is 12.2. The number of guanidine groups is 1. The fourth-order valence-electron chi connectivity index (χ4n) is 3.07. The zero-order valence-corrected chi connectivity index (χ0v) is 13.4.